The molecule has 1 aliphatic carbocycles. The summed E-state index contributed by atoms with van der Waals surface area (Å²) in [6.45, 7) is 1.78. The van der Waals surface area contributed by atoms with E-state index in [1.807, 2.05) is 11.0 Å². The number of carboxylic acid groups (broad SMARTS) is 1. The molecule has 4 nitrogen and oxygen atoms in total. The van der Waals surface area contributed by atoms with Crippen LogP contribution in [-0.4, -0.2) is 41.7 Å². The highest BCUT2D eigenvalue weighted by atomic mass is 16.5. The maximum atomic E-state index is 10.6. The van der Waals surface area contributed by atoms with Crippen LogP contribution >= 0.6 is 0 Å². The smallest absolute Gasteiger partial charge is 0.317 e. The number of carbonyl (C=O) groups is 1. The number of piperidine rings is 1. The zero-order valence-electron chi connectivity index (χ0n) is 9.97. The molecule has 2 aliphatic rings. The molecule has 0 unspecified atom stereocenters. The van der Waals surface area contributed by atoms with Gasteiger partial charge < -0.3 is 9.84 Å². The standard InChI is InChI=1S/C13H19NO3/c15-13(16)10-14-8-6-12(7-9-14)17-11-4-2-1-3-5-11/h2,4-5,12H,1,3,6-10H2,(H,15,16). The second-order valence-corrected chi connectivity index (χ2v) is 4.57. The summed E-state index contributed by atoms with van der Waals surface area (Å²) in [5.74, 6) is 0.232. The molecule has 17 heavy (non-hydrogen) atoms. The van der Waals surface area contributed by atoms with Gasteiger partial charge in [-0.15, -0.1) is 0 Å². The third kappa shape index (κ3) is 3.89. The summed E-state index contributed by atoms with van der Waals surface area (Å²) < 4.78 is 5.89. The van der Waals surface area contributed by atoms with E-state index in [9.17, 15) is 4.79 Å². The molecular weight excluding hydrogens is 218 g/mol. The van der Waals surface area contributed by atoms with Gasteiger partial charge in [0.2, 0.25) is 0 Å². The molecule has 1 saturated heterocycles. The summed E-state index contributed by atoms with van der Waals surface area (Å²) in [5.41, 5.74) is 0. The van der Waals surface area contributed by atoms with Crippen LogP contribution in [0.1, 0.15) is 25.7 Å². The highest BCUT2D eigenvalue weighted by molar-refractivity contribution is 5.69. The van der Waals surface area contributed by atoms with E-state index in [0.29, 0.717) is 0 Å². The Labute approximate surface area is 102 Å². The van der Waals surface area contributed by atoms with Gasteiger partial charge in [0.15, 0.2) is 0 Å². The van der Waals surface area contributed by atoms with Gasteiger partial charge in [-0.2, -0.15) is 0 Å². The lowest BCUT2D eigenvalue weighted by atomic mass is 10.1. The predicted octanol–water partition coefficient (Wildman–Crippen LogP) is 1.79. The van der Waals surface area contributed by atoms with Crippen molar-refractivity contribution in [3.63, 3.8) is 0 Å². The van der Waals surface area contributed by atoms with Crippen LogP contribution in [0.15, 0.2) is 24.0 Å². The average molecular weight is 237 g/mol. The Bertz CT molecular complexity index is 328. The summed E-state index contributed by atoms with van der Waals surface area (Å²) in [7, 11) is 0. The summed E-state index contributed by atoms with van der Waals surface area (Å²) in [4.78, 5) is 12.5. The fourth-order valence-electron chi connectivity index (χ4n) is 2.25. The number of allylic oxidation sites excluding steroid dienone is 3. The maximum absolute atomic E-state index is 10.6. The van der Waals surface area contributed by atoms with E-state index in [4.69, 9.17) is 9.84 Å². The van der Waals surface area contributed by atoms with E-state index in [0.717, 1.165) is 44.5 Å². The summed E-state index contributed by atoms with van der Waals surface area (Å²) in [6.07, 6.45) is 10.5. The van der Waals surface area contributed by atoms with Crippen LogP contribution in [0.2, 0.25) is 0 Å². The van der Waals surface area contributed by atoms with Gasteiger partial charge in [0.1, 0.15) is 11.9 Å². The molecule has 1 heterocycles. The summed E-state index contributed by atoms with van der Waals surface area (Å²) in [6, 6.07) is 0. The lowest BCUT2D eigenvalue weighted by molar-refractivity contribution is -0.138. The first-order chi connectivity index (χ1) is 8.24. The Balaban J connectivity index is 1.73. The molecule has 0 saturated carbocycles. The second kappa shape index (κ2) is 5.87. The zero-order valence-corrected chi connectivity index (χ0v) is 9.97. The van der Waals surface area contributed by atoms with Crippen molar-refractivity contribution < 1.29 is 14.6 Å². The molecule has 0 amide bonds. The van der Waals surface area contributed by atoms with E-state index >= 15 is 0 Å². The highest BCUT2D eigenvalue weighted by Crippen LogP contribution is 2.19. The molecule has 0 aromatic rings. The van der Waals surface area contributed by atoms with E-state index in [-0.39, 0.29) is 12.6 Å². The van der Waals surface area contributed by atoms with Crippen molar-refractivity contribution in [2.24, 2.45) is 0 Å². The molecule has 94 valence electrons. The van der Waals surface area contributed by atoms with Crippen molar-refractivity contribution >= 4 is 5.97 Å². The van der Waals surface area contributed by atoms with Crippen LogP contribution in [-0.2, 0) is 9.53 Å². The Kier molecular flexibility index (Phi) is 4.20. The molecule has 0 aromatic heterocycles. The Morgan fingerprint density at radius 1 is 1.41 bits per heavy atom. The number of carboxylic acids is 1. The molecule has 1 fully saturated rings. The van der Waals surface area contributed by atoms with Gasteiger partial charge >= 0.3 is 5.97 Å². The van der Waals surface area contributed by atoms with Gasteiger partial charge in [-0.1, -0.05) is 6.08 Å². The fourth-order valence-corrected chi connectivity index (χ4v) is 2.25. The molecule has 0 aromatic carbocycles. The first kappa shape index (κ1) is 12.2. The SMILES string of the molecule is O=C(O)CN1CCC(OC2=CCCC=C2)CC1. The third-order valence-electron chi connectivity index (χ3n) is 3.16. The molecular formula is C13H19NO3. The zero-order chi connectivity index (χ0) is 12.1. The third-order valence-corrected chi connectivity index (χ3v) is 3.16. The number of aliphatic carboxylic acids is 1. The molecule has 2 rings (SSSR count). The van der Waals surface area contributed by atoms with Crippen LogP contribution in [0.5, 0.6) is 0 Å². The Morgan fingerprint density at radius 2 is 2.18 bits per heavy atom. The lowest BCUT2D eigenvalue weighted by Crippen LogP contribution is -2.39. The van der Waals surface area contributed by atoms with Crippen molar-refractivity contribution in [2.45, 2.75) is 31.8 Å². The average Bonchev–Trinajstić information content (AvgIpc) is 2.32. The number of ether oxygens (including phenoxy) is 1. The minimum atomic E-state index is -0.748. The van der Waals surface area contributed by atoms with Gasteiger partial charge in [0, 0.05) is 13.1 Å². The molecule has 0 radical (unpaired) electrons. The van der Waals surface area contributed by atoms with Crippen LogP contribution in [0.4, 0.5) is 0 Å². The van der Waals surface area contributed by atoms with E-state index in [2.05, 4.69) is 12.2 Å². The van der Waals surface area contributed by atoms with E-state index in [1.165, 1.54) is 0 Å². The van der Waals surface area contributed by atoms with E-state index in [1.54, 1.807) is 0 Å². The maximum Gasteiger partial charge on any atom is 0.317 e. The molecule has 0 bridgehead atoms. The quantitative estimate of drug-likeness (QED) is 0.809. The van der Waals surface area contributed by atoms with Gasteiger partial charge in [0.05, 0.1) is 6.54 Å². The first-order valence-corrected chi connectivity index (χ1v) is 6.21. The first-order valence-electron chi connectivity index (χ1n) is 6.21. The van der Waals surface area contributed by atoms with Gasteiger partial charge in [-0.3, -0.25) is 9.69 Å². The molecule has 1 N–H and O–H groups in total. The number of rotatable bonds is 4. The second-order valence-electron chi connectivity index (χ2n) is 4.57. The van der Waals surface area contributed by atoms with Crippen LogP contribution in [0.3, 0.4) is 0 Å². The Morgan fingerprint density at radius 3 is 2.76 bits per heavy atom. The van der Waals surface area contributed by atoms with Gasteiger partial charge in [-0.25, -0.2) is 0 Å². The van der Waals surface area contributed by atoms with Crippen molar-refractivity contribution in [3.05, 3.63) is 24.0 Å². The van der Waals surface area contributed by atoms with Gasteiger partial charge in [0.25, 0.3) is 0 Å². The van der Waals surface area contributed by atoms with Gasteiger partial charge in [-0.05, 0) is 37.8 Å². The van der Waals surface area contributed by atoms with Crippen molar-refractivity contribution in [1.82, 2.24) is 4.90 Å². The van der Waals surface area contributed by atoms with Crippen LogP contribution < -0.4 is 0 Å². The van der Waals surface area contributed by atoms with Crippen LogP contribution in [0, 0.1) is 0 Å². The Hall–Kier alpha value is -1.29. The fraction of sp³-hybridized carbons (Fsp3) is 0.615. The highest BCUT2D eigenvalue weighted by Gasteiger charge is 2.22. The minimum absolute atomic E-state index is 0.148. The topological polar surface area (TPSA) is 49.8 Å². The number of nitrogens with zero attached hydrogens (tertiary/aromatic N) is 1. The van der Waals surface area contributed by atoms with Crippen molar-refractivity contribution in [3.8, 4) is 0 Å². The number of hydrogen-bond donors (Lipinski definition) is 1. The molecule has 0 atom stereocenters. The molecule has 4 heteroatoms. The molecule has 0 spiro atoms. The van der Waals surface area contributed by atoms with Crippen LogP contribution in [0.25, 0.3) is 0 Å². The lowest BCUT2D eigenvalue weighted by Gasteiger charge is -2.31. The molecule has 1 aliphatic heterocycles. The number of hydrogen-bond acceptors (Lipinski definition) is 3. The predicted molar refractivity (Wildman–Crippen MR) is 64.6 cm³/mol. The normalized spacial score (nSPS) is 22.2. The summed E-state index contributed by atoms with van der Waals surface area (Å²) in [5, 5.41) is 8.70. The summed E-state index contributed by atoms with van der Waals surface area (Å²) >= 11 is 0. The van der Waals surface area contributed by atoms with Crippen molar-refractivity contribution in [1.29, 1.82) is 0 Å². The van der Waals surface area contributed by atoms with E-state index < -0.39 is 5.97 Å². The largest absolute Gasteiger partial charge is 0.491 e. The number of likely N-dealkylation sites (tertiary alicyclic amines) is 1. The monoisotopic (exact) mass is 237 g/mol. The minimum Gasteiger partial charge on any atom is -0.491 e. The van der Waals surface area contributed by atoms with Crippen molar-refractivity contribution in [2.75, 3.05) is 19.6 Å².